The number of carbonyl (C=O) groups excluding carboxylic acids is 2. The van der Waals surface area contributed by atoms with E-state index in [0.717, 1.165) is 0 Å². The van der Waals surface area contributed by atoms with Crippen molar-refractivity contribution in [1.82, 2.24) is 0 Å². The van der Waals surface area contributed by atoms with E-state index in [4.69, 9.17) is 10.2 Å². The minimum absolute atomic E-state index is 0.0194. The molecule has 0 aromatic carbocycles. The second-order valence-electron chi connectivity index (χ2n) is 1.59. The number of aliphatic hydroxyl groups excluding tert-OH is 1. The van der Waals surface area contributed by atoms with Gasteiger partial charge in [-0.3, -0.25) is 10.5 Å². The lowest BCUT2D eigenvalue weighted by atomic mass is 10.1. The van der Waals surface area contributed by atoms with Crippen molar-refractivity contribution >= 4 is 12.6 Å². The van der Waals surface area contributed by atoms with E-state index in [-0.39, 0.29) is 12.6 Å². The van der Waals surface area contributed by atoms with E-state index in [1.165, 1.54) is 0 Å². The third kappa shape index (κ3) is 1.88. The first-order valence-electron chi connectivity index (χ1n) is 2.15. The zero-order chi connectivity index (χ0) is 7.49. The Morgan fingerprint density at radius 3 is 2.11 bits per heavy atom. The number of hydrogen-bond donors (Lipinski definition) is 3. The molecule has 0 radical (unpaired) electrons. The van der Waals surface area contributed by atoms with E-state index in [9.17, 15) is 9.59 Å². The van der Waals surface area contributed by atoms with Gasteiger partial charge in [-0.1, -0.05) is 0 Å². The minimum Gasteiger partial charge on any atom is -0.381 e. The summed E-state index contributed by atoms with van der Waals surface area (Å²) in [5.74, 6) is 0. The highest BCUT2D eigenvalue weighted by Crippen LogP contribution is 1.94. The van der Waals surface area contributed by atoms with Crippen molar-refractivity contribution in [2.75, 3.05) is 0 Å². The molecule has 0 rings (SSSR count). The Hall–Kier alpha value is -0.780. The van der Waals surface area contributed by atoms with Crippen LogP contribution in [0.3, 0.4) is 0 Å². The maximum Gasteiger partial charge on any atom is 0.203 e. The molecule has 0 saturated carbocycles. The smallest absolute Gasteiger partial charge is 0.203 e. The highest BCUT2D eigenvalue weighted by molar-refractivity contribution is 5.71. The summed E-state index contributed by atoms with van der Waals surface area (Å²) in [4.78, 5) is 19.4. The molecule has 2 unspecified atom stereocenters. The SMILES string of the molecule is NC(O)(C=O)C(O)C=O. The van der Waals surface area contributed by atoms with Crippen molar-refractivity contribution in [2.45, 2.75) is 11.8 Å². The number of rotatable bonds is 3. The predicted octanol–water partition coefficient (Wildman–Crippen LogP) is -2.61. The summed E-state index contributed by atoms with van der Waals surface area (Å²) in [7, 11) is 0. The topological polar surface area (TPSA) is 101 Å². The Bertz CT molecular complexity index is 122. The summed E-state index contributed by atoms with van der Waals surface area (Å²) in [5.41, 5.74) is 2.23. The molecular formula is C4H7NO4. The summed E-state index contributed by atoms with van der Waals surface area (Å²) < 4.78 is 0. The Labute approximate surface area is 51.1 Å². The molecule has 0 heterocycles. The molecule has 0 spiro atoms. The minimum atomic E-state index is -2.44. The summed E-state index contributed by atoms with van der Waals surface area (Å²) in [6.45, 7) is 0. The largest absolute Gasteiger partial charge is 0.381 e. The van der Waals surface area contributed by atoms with E-state index in [1.54, 1.807) is 0 Å². The van der Waals surface area contributed by atoms with Gasteiger partial charge in [0.15, 0.2) is 18.7 Å². The fourth-order valence-electron chi connectivity index (χ4n) is 0.179. The monoisotopic (exact) mass is 133 g/mol. The lowest BCUT2D eigenvalue weighted by molar-refractivity contribution is -0.143. The van der Waals surface area contributed by atoms with Crippen molar-refractivity contribution in [2.24, 2.45) is 5.73 Å². The number of nitrogens with two attached hydrogens (primary N) is 1. The van der Waals surface area contributed by atoms with E-state index in [0.29, 0.717) is 0 Å². The van der Waals surface area contributed by atoms with Crippen LogP contribution in [0.15, 0.2) is 0 Å². The average molecular weight is 133 g/mol. The first kappa shape index (κ1) is 8.22. The van der Waals surface area contributed by atoms with Crippen molar-refractivity contribution in [3.63, 3.8) is 0 Å². The zero-order valence-corrected chi connectivity index (χ0v) is 4.52. The number of carbonyl (C=O) groups is 2. The maximum atomic E-state index is 9.73. The molecular weight excluding hydrogens is 126 g/mol. The van der Waals surface area contributed by atoms with Crippen LogP contribution in [0, 0.1) is 0 Å². The standard InChI is InChI=1S/C4H7NO4/c5-4(9,2-7)3(8)1-6/h1-3,8-9H,5H2. The van der Waals surface area contributed by atoms with Gasteiger partial charge in [0, 0.05) is 0 Å². The fourth-order valence-corrected chi connectivity index (χ4v) is 0.179. The fraction of sp³-hybridized carbons (Fsp3) is 0.500. The van der Waals surface area contributed by atoms with Crippen LogP contribution in [0.2, 0.25) is 0 Å². The van der Waals surface area contributed by atoms with Crippen LogP contribution in [0.1, 0.15) is 0 Å². The molecule has 0 aromatic rings. The molecule has 0 saturated heterocycles. The molecule has 9 heavy (non-hydrogen) atoms. The van der Waals surface area contributed by atoms with Crippen LogP contribution in [0.25, 0.3) is 0 Å². The van der Waals surface area contributed by atoms with E-state index < -0.39 is 11.8 Å². The van der Waals surface area contributed by atoms with Gasteiger partial charge in [-0.25, -0.2) is 0 Å². The van der Waals surface area contributed by atoms with Crippen LogP contribution >= 0.6 is 0 Å². The summed E-state index contributed by atoms with van der Waals surface area (Å²) in [6, 6.07) is 0. The van der Waals surface area contributed by atoms with E-state index in [2.05, 4.69) is 5.73 Å². The van der Waals surface area contributed by atoms with Crippen LogP contribution in [-0.4, -0.2) is 34.6 Å². The van der Waals surface area contributed by atoms with Crippen LogP contribution < -0.4 is 5.73 Å². The second-order valence-corrected chi connectivity index (χ2v) is 1.59. The molecule has 0 bridgehead atoms. The third-order valence-electron chi connectivity index (χ3n) is 0.791. The first-order valence-corrected chi connectivity index (χ1v) is 2.15. The molecule has 0 aliphatic heterocycles. The van der Waals surface area contributed by atoms with Crippen molar-refractivity contribution in [3.8, 4) is 0 Å². The first-order chi connectivity index (χ1) is 4.04. The summed E-state index contributed by atoms with van der Waals surface area (Å²) in [5, 5.41) is 16.9. The van der Waals surface area contributed by atoms with Crippen molar-refractivity contribution in [3.05, 3.63) is 0 Å². The van der Waals surface area contributed by atoms with Gasteiger partial charge in [0.25, 0.3) is 0 Å². The zero-order valence-electron chi connectivity index (χ0n) is 4.52. The Kier molecular flexibility index (Phi) is 2.44. The predicted molar refractivity (Wildman–Crippen MR) is 27.3 cm³/mol. The number of aldehydes is 2. The lowest BCUT2D eigenvalue weighted by Crippen LogP contribution is -2.53. The Morgan fingerprint density at radius 1 is 1.56 bits per heavy atom. The number of hydrogen-bond acceptors (Lipinski definition) is 5. The van der Waals surface area contributed by atoms with Gasteiger partial charge in [0.1, 0.15) is 0 Å². The van der Waals surface area contributed by atoms with Crippen molar-refractivity contribution < 1.29 is 19.8 Å². The lowest BCUT2D eigenvalue weighted by Gasteiger charge is -2.16. The Balaban J connectivity index is 4.11. The van der Waals surface area contributed by atoms with Gasteiger partial charge in [0.2, 0.25) is 5.72 Å². The van der Waals surface area contributed by atoms with E-state index >= 15 is 0 Å². The van der Waals surface area contributed by atoms with Gasteiger partial charge < -0.3 is 15.0 Å². The molecule has 2 atom stereocenters. The Morgan fingerprint density at radius 2 is 2.00 bits per heavy atom. The molecule has 52 valence electrons. The van der Waals surface area contributed by atoms with Gasteiger partial charge in [-0.15, -0.1) is 0 Å². The molecule has 0 fully saturated rings. The maximum absolute atomic E-state index is 9.73. The molecule has 5 heteroatoms. The summed E-state index contributed by atoms with van der Waals surface area (Å²) >= 11 is 0. The quantitative estimate of drug-likeness (QED) is 0.289. The van der Waals surface area contributed by atoms with Crippen LogP contribution in [-0.2, 0) is 9.59 Å². The third-order valence-corrected chi connectivity index (χ3v) is 0.791. The molecule has 0 aromatic heterocycles. The highest BCUT2D eigenvalue weighted by Gasteiger charge is 2.29. The van der Waals surface area contributed by atoms with E-state index in [1.807, 2.05) is 0 Å². The molecule has 0 amide bonds. The van der Waals surface area contributed by atoms with Crippen LogP contribution in [0.5, 0.6) is 0 Å². The summed E-state index contributed by atoms with van der Waals surface area (Å²) in [6.07, 6.45) is -1.98. The normalized spacial score (nSPS) is 19.9. The second kappa shape index (κ2) is 2.67. The molecule has 0 aliphatic carbocycles. The van der Waals surface area contributed by atoms with Gasteiger partial charge in [0.05, 0.1) is 0 Å². The van der Waals surface area contributed by atoms with Gasteiger partial charge in [-0.2, -0.15) is 0 Å². The average Bonchev–Trinajstić information content (AvgIpc) is 1.86. The van der Waals surface area contributed by atoms with Crippen LogP contribution in [0.4, 0.5) is 0 Å². The highest BCUT2D eigenvalue weighted by atomic mass is 16.4. The van der Waals surface area contributed by atoms with Gasteiger partial charge in [-0.05, 0) is 0 Å². The van der Waals surface area contributed by atoms with Gasteiger partial charge >= 0.3 is 0 Å². The molecule has 0 aliphatic rings. The van der Waals surface area contributed by atoms with Crippen molar-refractivity contribution in [1.29, 1.82) is 0 Å². The molecule has 5 nitrogen and oxygen atoms in total. The molecule has 4 N–H and O–H groups in total. The number of aliphatic hydroxyl groups is 2.